The summed E-state index contributed by atoms with van der Waals surface area (Å²) >= 11 is 0. The van der Waals surface area contributed by atoms with Gasteiger partial charge in [-0.1, -0.05) is 62.4 Å². The third kappa shape index (κ3) is 6.60. The van der Waals surface area contributed by atoms with E-state index in [9.17, 15) is 18.7 Å². The predicted molar refractivity (Wildman–Crippen MR) is 182 cm³/mol. The summed E-state index contributed by atoms with van der Waals surface area (Å²) in [5.74, 6) is -0.831. The fourth-order valence-corrected chi connectivity index (χ4v) is 7.98. The molecule has 1 aliphatic rings. The van der Waals surface area contributed by atoms with Crippen LogP contribution in [-0.4, -0.2) is 66.6 Å². The number of fused-ring (bicyclic) bond motifs is 2. The van der Waals surface area contributed by atoms with Crippen LogP contribution < -0.4 is 10.1 Å². The molecule has 11 nitrogen and oxygen atoms in total. The predicted octanol–water partition coefficient (Wildman–Crippen LogP) is 6.21. The molecule has 0 saturated carbocycles. The number of aromatic nitrogens is 3. The van der Waals surface area contributed by atoms with Crippen molar-refractivity contribution in [2.75, 3.05) is 20.2 Å². The molecule has 1 amide bonds. The summed E-state index contributed by atoms with van der Waals surface area (Å²) < 4.78 is 37.8. The maximum Gasteiger partial charge on any atom is 0.325 e. The highest BCUT2D eigenvalue weighted by atomic mass is 32.3. The number of hydrogen-bond acceptors (Lipinski definition) is 9. The molecule has 3 N–H and O–H groups in total. The summed E-state index contributed by atoms with van der Waals surface area (Å²) in [6.45, 7) is 12.7. The third-order valence-corrected chi connectivity index (χ3v) is 11.2. The summed E-state index contributed by atoms with van der Waals surface area (Å²) in [6, 6.07) is 17.2. The van der Waals surface area contributed by atoms with Crippen molar-refractivity contribution in [2.24, 2.45) is 5.41 Å². The maximum atomic E-state index is 13.8. The molecule has 0 aliphatic carbocycles. The zero-order valence-corrected chi connectivity index (χ0v) is 28.9. The van der Waals surface area contributed by atoms with E-state index in [1.807, 2.05) is 76.6 Å². The standard InChI is InChI=1S/C35H45N5O6S/c1-8-26-21-39(47(43,44)30-13-11-10-12-29(30)46-26)20-25-18-24(15-14-22(25)3)32(35(5,6)34(42)36-19-31(41)45-7)27-16-17-28-33(23(27)4)37-38-40(28)9-2/h10-18,26,32,43-44H,8-9,19-21H2,1-7H3,(H,36,42). The number of rotatable bonds is 10. The molecule has 2 atom stereocenters. The number of amides is 1. The van der Waals surface area contributed by atoms with Gasteiger partial charge < -0.3 is 14.8 Å². The van der Waals surface area contributed by atoms with E-state index in [1.54, 1.807) is 22.5 Å². The third-order valence-electron chi connectivity index (χ3n) is 9.23. The Balaban J connectivity index is 1.61. The van der Waals surface area contributed by atoms with Crippen molar-refractivity contribution < 1.29 is 28.2 Å². The van der Waals surface area contributed by atoms with E-state index < -0.39 is 28.1 Å². The topological polar surface area (TPSA) is 139 Å². The lowest BCUT2D eigenvalue weighted by Gasteiger charge is -2.42. The number of carbonyl (C=O) groups is 2. The summed E-state index contributed by atoms with van der Waals surface area (Å²) in [5, 5.41) is 11.6. The van der Waals surface area contributed by atoms with E-state index in [0.29, 0.717) is 30.2 Å². The molecule has 0 fully saturated rings. The molecule has 0 spiro atoms. The molecule has 12 heteroatoms. The van der Waals surface area contributed by atoms with Gasteiger partial charge in [-0.05, 0) is 73.2 Å². The zero-order valence-electron chi connectivity index (χ0n) is 28.1. The minimum atomic E-state index is -3.37. The zero-order chi connectivity index (χ0) is 34.1. The van der Waals surface area contributed by atoms with Crippen LogP contribution in [0.1, 0.15) is 67.9 Å². The Kier molecular flexibility index (Phi) is 9.97. The average Bonchev–Trinajstić information content (AvgIpc) is 3.44. The number of nitrogens with zero attached hydrogens (tertiary/aromatic N) is 4. The van der Waals surface area contributed by atoms with Crippen LogP contribution in [0.3, 0.4) is 0 Å². The van der Waals surface area contributed by atoms with Crippen LogP contribution >= 0.6 is 10.8 Å². The van der Waals surface area contributed by atoms with Gasteiger partial charge in [0.05, 0.1) is 24.6 Å². The lowest BCUT2D eigenvalue weighted by Crippen LogP contribution is -2.43. The molecule has 1 aliphatic heterocycles. The van der Waals surface area contributed by atoms with E-state index >= 15 is 0 Å². The molecule has 4 aromatic rings. The second-order valence-corrected chi connectivity index (χ2v) is 14.6. The van der Waals surface area contributed by atoms with Crippen molar-refractivity contribution in [3.63, 3.8) is 0 Å². The fraction of sp³-hybridized carbons (Fsp3) is 0.429. The highest BCUT2D eigenvalue weighted by Crippen LogP contribution is 2.57. The Labute approximate surface area is 277 Å². The summed E-state index contributed by atoms with van der Waals surface area (Å²) in [6.07, 6.45) is 0.463. The molecule has 1 aromatic heterocycles. The van der Waals surface area contributed by atoms with Gasteiger partial charge in [0.1, 0.15) is 28.8 Å². The lowest BCUT2D eigenvalue weighted by molar-refractivity contribution is -0.142. The first-order valence-electron chi connectivity index (χ1n) is 15.9. The van der Waals surface area contributed by atoms with Crippen LogP contribution in [0.25, 0.3) is 11.0 Å². The van der Waals surface area contributed by atoms with Gasteiger partial charge in [0.25, 0.3) is 0 Å². The highest BCUT2D eigenvalue weighted by molar-refractivity contribution is 8.22. The second kappa shape index (κ2) is 13.6. The molecule has 0 radical (unpaired) electrons. The van der Waals surface area contributed by atoms with Gasteiger partial charge in [0.2, 0.25) is 5.91 Å². The molecular formula is C35H45N5O6S. The van der Waals surface area contributed by atoms with E-state index in [4.69, 9.17) is 9.47 Å². The Morgan fingerprint density at radius 1 is 1.13 bits per heavy atom. The van der Waals surface area contributed by atoms with Crippen LogP contribution in [0, 0.1) is 19.3 Å². The van der Waals surface area contributed by atoms with E-state index in [0.717, 1.165) is 38.9 Å². The molecular weight excluding hydrogens is 618 g/mol. The molecule has 0 bridgehead atoms. The summed E-state index contributed by atoms with van der Waals surface area (Å²) in [5.41, 5.74) is 5.17. The first kappa shape index (κ1) is 34.4. The van der Waals surface area contributed by atoms with Gasteiger partial charge in [0.15, 0.2) is 0 Å². The van der Waals surface area contributed by atoms with Gasteiger partial charge in [-0.3, -0.25) is 18.7 Å². The maximum absolute atomic E-state index is 13.8. The van der Waals surface area contributed by atoms with Crippen LogP contribution in [0.4, 0.5) is 0 Å². The molecule has 5 rings (SSSR count). The van der Waals surface area contributed by atoms with Crippen molar-refractivity contribution in [3.8, 4) is 5.75 Å². The van der Waals surface area contributed by atoms with Gasteiger partial charge in [0, 0.05) is 19.0 Å². The van der Waals surface area contributed by atoms with Crippen molar-refractivity contribution >= 4 is 33.7 Å². The van der Waals surface area contributed by atoms with E-state index in [1.165, 1.54) is 7.11 Å². The number of para-hydroxylation sites is 1. The molecule has 2 heterocycles. The van der Waals surface area contributed by atoms with Crippen LogP contribution in [0.15, 0.2) is 59.5 Å². The number of nitrogens with one attached hydrogen (secondary N) is 1. The van der Waals surface area contributed by atoms with E-state index in [2.05, 4.69) is 21.7 Å². The molecule has 47 heavy (non-hydrogen) atoms. The summed E-state index contributed by atoms with van der Waals surface area (Å²) in [7, 11) is -2.09. The number of aryl methyl sites for hydroxylation is 3. The minimum absolute atomic E-state index is 0.232. The smallest absolute Gasteiger partial charge is 0.325 e. The number of benzene rings is 3. The van der Waals surface area contributed by atoms with Crippen LogP contribution in [-0.2, 0) is 27.4 Å². The van der Waals surface area contributed by atoms with Crippen LogP contribution in [0.2, 0.25) is 0 Å². The van der Waals surface area contributed by atoms with Gasteiger partial charge in [-0.25, -0.2) is 4.68 Å². The Bertz CT molecular complexity index is 1790. The van der Waals surface area contributed by atoms with Gasteiger partial charge >= 0.3 is 5.97 Å². The van der Waals surface area contributed by atoms with E-state index in [-0.39, 0.29) is 25.1 Å². The lowest BCUT2D eigenvalue weighted by atomic mass is 9.69. The Hall–Kier alpha value is -3.97. The molecule has 252 valence electrons. The Morgan fingerprint density at radius 3 is 2.57 bits per heavy atom. The number of hydrogen-bond donors (Lipinski definition) is 3. The minimum Gasteiger partial charge on any atom is -0.487 e. The molecule has 0 saturated heterocycles. The first-order chi connectivity index (χ1) is 22.3. The number of methoxy groups -OCH3 is 1. The highest BCUT2D eigenvalue weighted by Gasteiger charge is 2.41. The quantitative estimate of drug-likeness (QED) is 0.169. The van der Waals surface area contributed by atoms with Crippen molar-refractivity contribution in [3.05, 3.63) is 82.4 Å². The fourth-order valence-electron chi connectivity index (χ4n) is 6.36. The Morgan fingerprint density at radius 2 is 1.87 bits per heavy atom. The second-order valence-electron chi connectivity index (χ2n) is 12.6. The monoisotopic (exact) mass is 663 g/mol. The van der Waals surface area contributed by atoms with Crippen LogP contribution in [0.5, 0.6) is 5.75 Å². The number of carbonyl (C=O) groups excluding carboxylic acids is 2. The molecule has 3 aromatic carbocycles. The molecule has 2 unspecified atom stereocenters. The van der Waals surface area contributed by atoms with Gasteiger partial charge in [-0.15, -0.1) is 15.9 Å². The van der Waals surface area contributed by atoms with Crippen molar-refractivity contribution in [2.45, 2.75) is 78.0 Å². The number of esters is 1. The normalized spacial score (nSPS) is 17.7. The van der Waals surface area contributed by atoms with Crippen molar-refractivity contribution in [1.82, 2.24) is 24.6 Å². The average molecular weight is 664 g/mol. The first-order valence-corrected chi connectivity index (χ1v) is 17.4. The van der Waals surface area contributed by atoms with Crippen molar-refractivity contribution in [1.29, 1.82) is 0 Å². The number of ether oxygens (including phenoxy) is 2. The summed E-state index contributed by atoms with van der Waals surface area (Å²) in [4.78, 5) is 26.2. The largest absolute Gasteiger partial charge is 0.487 e. The van der Waals surface area contributed by atoms with Gasteiger partial charge in [-0.2, -0.15) is 4.31 Å². The SMILES string of the molecule is CCC1CN(Cc2cc(C(c3ccc4c(nnn4CC)c3C)C(C)(C)C(=O)NCC(=O)OC)ccc2C)S(O)(O)c2ccccc2O1.